The number of nitro benzene ring substituents is 1. The van der Waals surface area contributed by atoms with Crippen molar-refractivity contribution in [2.45, 2.75) is 50.9 Å². The molecule has 200 valence electrons. The van der Waals surface area contributed by atoms with E-state index in [0.29, 0.717) is 28.3 Å². The minimum absolute atomic E-state index is 0. The van der Waals surface area contributed by atoms with Crippen LogP contribution in [0.15, 0.2) is 59.8 Å². The standard InChI is InChI=1S/C28H29ClN4O4.ClH/c1-17-23(28(34)37-16-15-18-11-13-20(29)14-12-18)24(21-9-5-6-10-22(21)33(35)36)25-26(19-7-3-4-8-19)31-32(2)27(25)30-17;/h5-6,9-14,19,24,30H,3-4,7-8,15-16H2,1-2H3;1H. The van der Waals surface area contributed by atoms with Gasteiger partial charge >= 0.3 is 5.97 Å². The lowest BCUT2D eigenvalue weighted by molar-refractivity contribution is -0.385. The summed E-state index contributed by atoms with van der Waals surface area (Å²) in [5, 5.41) is 20.9. The number of esters is 1. The highest BCUT2D eigenvalue weighted by atomic mass is 35.5. The first-order valence-electron chi connectivity index (χ1n) is 12.5. The van der Waals surface area contributed by atoms with Crippen LogP contribution >= 0.6 is 24.0 Å². The Labute approximate surface area is 232 Å². The molecule has 0 saturated heterocycles. The summed E-state index contributed by atoms with van der Waals surface area (Å²) in [6.07, 6.45) is 4.79. The first-order chi connectivity index (χ1) is 17.8. The van der Waals surface area contributed by atoms with Crippen molar-refractivity contribution in [3.05, 3.63) is 97.3 Å². The maximum Gasteiger partial charge on any atom is 0.336 e. The molecule has 0 spiro atoms. The fourth-order valence-electron chi connectivity index (χ4n) is 5.57. The summed E-state index contributed by atoms with van der Waals surface area (Å²) in [7, 11) is 1.86. The number of nitrogens with zero attached hydrogens (tertiary/aromatic N) is 3. The number of para-hydroxylation sites is 1. The topological polar surface area (TPSA) is 99.3 Å². The highest BCUT2D eigenvalue weighted by molar-refractivity contribution is 6.30. The van der Waals surface area contributed by atoms with Gasteiger partial charge in [0.2, 0.25) is 0 Å². The molecule has 0 bridgehead atoms. The summed E-state index contributed by atoms with van der Waals surface area (Å²) in [5.41, 5.74) is 4.16. The van der Waals surface area contributed by atoms with Crippen LogP contribution < -0.4 is 5.32 Å². The number of carbonyl (C=O) groups excluding carboxylic acids is 1. The van der Waals surface area contributed by atoms with Gasteiger partial charge < -0.3 is 10.1 Å². The van der Waals surface area contributed by atoms with Gasteiger partial charge in [-0.05, 0) is 37.5 Å². The predicted molar refractivity (Wildman–Crippen MR) is 149 cm³/mol. The number of benzene rings is 2. The van der Waals surface area contributed by atoms with Crippen molar-refractivity contribution in [1.82, 2.24) is 9.78 Å². The molecule has 2 heterocycles. The summed E-state index contributed by atoms with van der Waals surface area (Å²) < 4.78 is 7.55. The van der Waals surface area contributed by atoms with Crippen LogP contribution in [0.3, 0.4) is 0 Å². The number of halogens is 2. The lowest BCUT2D eigenvalue weighted by Gasteiger charge is -2.29. The van der Waals surface area contributed by atoms with Gasteiger partial charge in [-0.15, -0.1) is 12.4 Å². The molecular formula is C28H30Cl2N4O4. The summed E-state index contributed by atoms with van der Waals surface area (Å²) in [4.78, 5) is 25.3. The fourth-order valence-corrected chi connectivity index (χ4v) is 5.70. The quantitative estimate of drug-likeness (QED) is 0.198. The number of nitro groups is 1. The number of carbonyl (C=O) groups is 1. The summed E-state index contributed by atoms with van der Waals surface area (Å²) in [5.74, 6) is -0.137. The Balaban J connectivity index is 0.00000336. The van der Waals surface area contributed by atoms with Gasteiger partial charge in [-0.1, -0.05) is 54.8 Å². The first kappa shape index (κ1) is 27.7. The van der Waals surface area contributed by atoms with Crippen LogP contribution in [0.4, 0.5) is 11.5 Å². The molecule has 3 aromatic rings. The van der Waals surface area contributed by atoms with Crippen LogP contribution in [-0.4, -0.2) is 27.3 Å². The summed E-state index contributed by atoms with van der Waals surface area (Å²) in [6, 6.07) is 14.0. The Morgan fingerprint density at radius 2 is 1.87 bits per heavy atom. The second-order valence-electron chi connectivity index (χ2n) is 9.68. The molecule has 1 N–H and O–H groups in total. The van der Waals surface area contributed by atoms with Gasteiger partial charge in [0.25, 0.3) is 5.69 Å². The van der Waals surface area contributed by atoms with Crippen LogP contribution in [0.1, 0.15) is 66.8 Å². The molecule has 1 fully saturated rings. The molecule has 2 aliphatic rings. The third-order valence-corrected chi connectivity index (χ3v) is 7.60. The van der Waals surface area contributed by atoms with Gasteiger partial charge in [-0.3, -0.25) is 14.8 Å². The molecule has 0 amide bonds. The molecule has 1 aliphatic carbocycles. The molecule has 2 aromatic carbocycles. The number of ether oxygens (including phenoxy) is 1. The average Bonchev–Trinajstić information content (AvgIpc) is 3.53. The zero-order valence-electron chi connectivity index (χ0n) is 21.3. The average molecular weight is 557 g/mol. The van der Waals surface area contributed by atoms with Crippen molar-refractivity contribution < 1.29 is 14.5 Å². The molecule has 1 saturated carbocycles. The number of aromatic nitrogens is 2. The van der Waals surface area contributed by atoms with Crippen molar-refractivity contribution in [3.8, 4) is 0 Å². The lowest BCUT2D eigenvalue weighted by atomic mass is 9.79. The molecule has 1 aromatic heterocycles. The third kappa shape index (κ3) is 5.28. The Kier molecular flexibility index (Phi) is 8.43. The monoisotopic (exact) mass is 556 g/mol. The van der Waals surface area contributed by atoms with E-state index in [0.717, 1.165) is 48.3 Å². The van der Waals surface area contributed by atoms with E-state index in [2.05, 4.69) is 5.32 Å². The van der Waals surface area contributed by atoms with E-state index in [1.807, 2.05) is 26.1 Å². The number of anilines is 1. The molecule has 0 radical (unpaired) electrons. The molecule has 1 aliphatic heterocycles. The highest BCUT2D eigenvalue weighted by Crippen LogP contribution is 2.49. The Morgan fingerprint density at radius 3 is 2.55 bits per heavy atom. The van der Waals surface area contributed by atoms with Crippen LogP contribution in [-0.2, 0) is 23.0 Å². The van der Waals surface area contributed by atoms with Gasteiger partial charge in [0.1, 0.15) is 5.82 Å². The maximum absolute atomic E-state index is 13.6. The van der Waals surface area contributed by atoms with Crippen molar-refractivity contribution in [2.24, 2.45) is 7.05 Å². The van der Waals surface area contributed by atoms with Crippen LogP contribution in [0.25, 0.3) is 0 Å². The van der Waals surface area contributed by atoms with Crippen molar-refractivity contribution in [3.63, 3.8) is 0 Å². The smallest absolute Gasteiger partial charge is 0.336 e. The number of hydrogen-bond donors (Lipinski definition) is 1. The molecule has 1 atom stereocenters. The fraction of sp³-hybridized carbons (Fsp3) is 0.357. The molecule has 5 rings (SSSR count). The first-order valence-corrected chi connectivity index (χ1v) is 12.9. The van der Waals surface area contributed by atoms with Gasteiger partial charge in [0, 0.05) is 47.3 Å². The van der Waals surface area contributed by atoms with Crippen molar-refractivity contribution in [2.75, 3.05) is 11.9 Å². The number of fused-ring (bicyclic) bond motifs is 1. The molecule has 10 heteroatoms. The predicted octanol–water partition coefficient (Wildman–Crippen LogP) is 6.68. The lowest BCUT2D eigenvalue weighted by Crippen LogP contribution is -2.26. The second kappa shape index (κ2) is 11.6. The van der Waals surface area contributed by atoms with Gasteiger partial charge in [0.15, 0.2) is 0 Å². The second-order valence-corrected chi connectivity index (χ2v) is 10.1. The van der Waals surface area contributed by atoms with E-state index >= 15 is 0 Å². The Morgan fingerprint density at radius 1 is 1.18 bits per heavy atom. The molecule has 8 nitrogen and oxygen atoms in total. The Hall–Kier alpha value is -3.36. The van der Waals surface area contributed by atoms with E-state index in [1.54, 1.807) is 35.0 Å². The van der Waals surface area contributed by atoms with E-state index in [9.17, 15) is 14.9 Å². The molecule has 1 unspecified atom stereocenters. The number of allylic oxidation sites excluding steroid dienone is 1. The Bertz CT molecular complexity index is 1380. The van der Waals surface area contributed by atoms with E-state index in [-0.39, 0.29) is 35.5 Å². The molecule has 38 heavy (non-hydrogen) atoms. The molecular weight excluding hydrogens is 527 g/mol. The maximum atomic E-state index is 13.6. The third-order valence-electron chi connectivity index (χ3n) is 7.34. The summed E-state index contributed by atoms with van der Waals surface area (Å²) in [6.45, 7) is 1.99. The zero-order valence-corrected chi connectivity index (χ0v) is 22.8. The van der Waals surface area contributed by atoms with E-state index in [4.69, 9.17) is 21.4 Å². The zero-order chi connectivity index (χ0) is 26.1. The van der Waals surface area contributed by atoms with Gasteiger partial charge in [0.05, 0.1) is 28.7 Å². The number of hydrogen-bond acceptors (Lipinski definition) is 6. The minimum Gasteiger partial charge on any atom is -0.462 e. The van der Waals surface area contributed by atoms with Crippen LogP contribution in [0.2, 0.25) is 5.02 Å². The highest BCUT2D eigenvalue weighted by Gasteiger charge is 2.42. The van der Waals surface area contributed by atoms with E-state index < -0.39 is 11.9 Å². The van der Waals surface area contributed by atoms with Crippen molar-refractivity contribution >= 4 is 41.5 Å². The van der Waals surface area contributed by atoms with Gasteiger partial charge in [-0.2, -0.15) is 5.10 Å². The number of nitrogens with one attached hydrogen (secondary N) is 1. The largest absolute Gasteiger partial charge is 0.462 e. The normalized spacial score (nSPS) is 17.0. The SMILES string of the molecule is CC1=C(C(=O)OCCc2ccc(Cl)cc2)C(c2ccccc2[N+](=O)[O-])c2c(C3CCCC3)nn(C)c2N1.Cl. The number of rotatable bonds is 7. The van der Waals surface area contributed by atoms with Crippen LogP contribution in [0.5, 0.6) is 0 Å². The van der Waals surface area contributed by atoms with Gasteiger partial charge in [-0.25, -0.2) is 4.79 Å². The van der Waals surface area contributed by atoms with Crippen LogP contribution in [0, 0.1) is 10.1 Å². The number of aryl methyl sites for hydroxylation is 1. The van der Waals surface area contributed by atoms with Crippen molar-refractivity contribution in [1.29, 1.82) is 0 Å². The summed E-state index contributed by atoms with van der Waals surface area (Å²) >= 11 is 5.97. The minimum atomic E-state index is -0.662. The van der Waals surface area contributed by atoms with E-state index in [1.165, 1.54) is 6.07 Å².